The zero-order valence-corrected chi connectivity index (χ0v) is 17.1. The Morgan fingerprint density at radius 1 is 1.17 bits per heavy atom. The predicted octanol–water partition coefficient (Wildman–Crippen LogP) is 1.51. The van der Waals surface area contributed by atoms with Gasteiger partial charge < -0.3 is 24.0 Å². The average molecular weight is 398 g/mol. The second-order valence-electron chi connectivity index (χ2n) is 7.17. The van der Waals surface area contributed by atoms with E-state index >= 15 is 0 Å². The number of benzene rings is 1. The lowest BCUT2D eigenvalue weighted by Gasteiger charge is -2.17. The number of anilines is 1. The van der Waals surface area contributed by atoms with Gasteiger partial charge in [0.25, 0.3) is 17.7 Å². The molecule has 0 spiro atoms. The minimum absolute atomic E-state index is 0.00379. The van der Waals surface area contributed by atoms with E-state index in [-0.39, 0.29) is 5.91 Å². The number of nitrogens with zero attached hydrogens (tertiary/aromatic N) is 3. The second kappa shape index (κ2) is 9.88. The summed E-state index contributed by atoms with van der Waals surface area (Å²) in [6, 6.07) is 11.7. The Balaban J connectivity index is 1.52. The zero-order valence-electron chi connectivity index (χ0n) is 17.1. The summed E-state index contributed by atoms with van der Waals surface area (Å²) in [5, 5.41) is 11.1. The normalized spacial score (nSPS) is 12.0. The van der Waals surface area contributed by atoms with Crippen molar-refractivity contribution in [1.29, 1.82) is 0 Å². The fraction of sp³-hybridized carbons (Fsp3) is 0.381. The number of aromatic nitrogens is 2. The minimum atomic E-state index is -0.00379. The van der Waals surface area contributed by atoms with Crippen molar-refractivity contribution in [2.45, 2.75) is 26.4 Å². The van der Waals surface area contributed by atoms with E-state index in [1.165, 1.54) is 0 Å². The first-order valence-electron chi connectivity index (χ1n) is 9.78. The van der Waals surface area contributed by atoms with Gasteiger partial charge in [0.2, 0.25) is 0 Å². The number of carbonyl (C=O) groups is 1. The van der Waals surface area contributed by atoms with Crippen LogP contribution in [0.1, 0.15) is 24.8 Å². The smallest absolute Gasteiger partial charge is 0.283 e. The van der Waals surface area contributed by atoms with Gasteiger partial charge in [-0.3, -0.25) is 4.79 Å². The molecular formula is C21H28N5O3+. The van der Waals surface area contributed by atoms with E-state index in [0.29, 0.717) is 37.2 Å². The lowest BCUT2D eigenvalue weighted by atomic mass is 10.2. The molecule has 0 aliphatic heterocycles. The molecule has 3 rings (SSSR count). The Labute approximate surface area is 170 Å². The molecule has 8 nitrogen and oxygen atoms in total. The first-order valence-corrected chi connectivity index (χ1v) is 9.78. The van der Waals surface area contributed by atoms with Gasteiger partial charge in [0.15, 0.2) is 18.8 Å². The third kappa shape index (κ3) is 5.92. The highest BCUT2D eigenvalue weighted by Gasteiger charge is 2.19. The molecule has 1 amide bonds. The van der Waals surface area contributed by atoms with Crippen molar-refractivity contribution in [1.82, 2.24) is 15.5 Å². The molecule has 1 unspecified atom stereocenters. The molecule has 1 aromatic carbocycles. The van der Waals surface area contributed by atoms with Crippen LogP contribution in [-0.4, -0.2) is 43.3 Å². The Morgan fingerprint density at radius 3 is 2.62 bits per heavy atom. The topological polar surface area (TPSA) is 88.8 Å². The molecule has 0 radical (unpaired) electrons. The largest absolute Gasteiger partial charge is 0.459 e. The Bertz CT molecular complexity index is 887. The van der Waals surface area contributed by atoms with Crippen LogP contribution in [0.5, 0.6) is 0 Å². The molecule has 0 saturated heterocycles. The van der Waals surface area contributed by atoms with Gasteiger partial charge >= 0.3 is 0 Å². The van der Waals surface area contributed by atoms with E-state index in [1.807, 2.05) is 43.3 Å². The standard InChI is InChI=1S/C21H27N5O3/c1-4-11-26(15-20-23-24-21(29-20)18-6-5-12-28-18)14-19(27)22-13-16-7-9-17(10-8-16)25(2)3/h5-10,12H,4,11,13-15H2,1-3H3,(H,22,27)/p+1. The SMILES string of the molecule is CCC[NH+](CC(=O)NCc1ccc(N(C)C)cc1)Cc1nnc(-c2ccco2)o1. The monoisotopic (exact) mass is 398 g/mol. The molecule has 3 aromatic rings. The van der Waals surface area contributed by atoms with E-state index in [9.17, 15) is 4.79 Å². The fourth-order valence-electron chi connectivity index (χ4n) is 3.03. The van der Waals surface area contributed by atoms with Gasteiger partial charge in [-0.25, -0.2) is 0 Å². The molecule has 2 N–H and O–H groups in total. The number of hydrogen-bond acceptors (Lipinski definition) is 6. The van der Waals surface area contributed by atoms with E-state index in [1.54, 1.807) is 18.4 Å². The summed E-state index contributed by atoms with van der Waals surface area (Å²) in [4.78, 5) is 15.6. The van der Waals surface area contributed by atoms with Gasteiger partial charge in [-0.05, 0) is 36.2 Å². The van der Waals surface area contributed by atoms with Crippen LogP contribution < -0.4 is 15.1 Å². The first kappa shape index (κ1) is 20.6. The van der Waals surface area contributed by atoms with Crippen molar-refractivity contribution in [3.05, 3.63) is 54.1 Å². The van der Waals surface area contributed by atoms with Gasteiger partial charge in [-0.1, -0.05) is 19.1 Å². The summed E-state index contributed by atoms with van der Waals surface area (Å²) < 4.78 is 10.9. The molecular weight excluding hydrogens is 370 g/mol. The van der Waals surface area contributed by atoms with E-state index in [2.05, 4.69) is 22.4 Å². The number of amides is 1. The molecule has 2 aromatic heterocycles. The van der Waals surface area contributed by atoms with Gasteiger partial charge in [-0.2, -0.15) is 0 Å². The first-order chi connectivity index (χ1) is 14.0. The maximum atomic E-state index is 12.4. The summed E-state index contributed by atoms with van der Waals surface area (Å²) in [5.74, 6) is 1.38. The van der Waals surface area contributed by atoms with Crippen LogP contribution in [0.25, 0.3) is 11.7 Å². The van der Waals surface area contributed by atoms with Gasteiger partial charge in [0, 0.05) is 26.3 Å². The molecule has 8 heteroatoms. The highest BCUT2D eigenvalue weighted by molar-refractivity contribution is 5.76. The number of quaternary nitrogens is 1. The van der Waals surface area contributed by atoms with Crippen LogP contribution in [-0.2, 0) is 17.9 Å². The van der Waals surface area contributed by atoms with Crippen LogP contribution in [0.2, 0.25) is 0 Å². The third-order valence-electron chi connectivity index (χ3n) is 4.56. The maximum absolute atomic E-state index is 12.4. The van der Waals surface area contributed by atoms with E-state index in [0.717, 1.165) is 29.1 Å². The van der Waals surface area contributed by atoms with Crippen LogP contribution in [0, 0.1) is 0 Å². The van der Waals surface area contributed by atoms with E-state index < -0.39 is 0 Å². The summed E-state index contributed by atoms with van der Waals surface area (Å²) in [7, 11) is 4.01. The number of rotatable bonds is 10. The average Bonchev–Trinajstić information content (AvgIpc) is 3.38. The van der Waals surface area contributed by atoms with Gasteiger partial charge in [-0.15, -0.1) is 10.2 Å². The molecule has 29 heavy (non-hydrogen) atoms. The van der Waals surface area contributed by atoms with Crippen LogP contribution >= 0.6 is 0 Å². The van der Waals surface area contributed by atoms with E-state index in [4.69, 9.17) is 8.83 Å². The number of carbonyl (C=O) groups excluding carboxylic acids is 1. The number of hydrogen-bond donors (Lipinski definition) is 2. The van der Waals surface area contributed by atoms with Gasteiger partial charge in [0.1, 0.15) is 0 Å². The molecule has 0 aliphatic carbocycles. The summed E-state index contributed by atoms with van der Waals surface area (Å²) >= 11 is 0. The predicted molar refractivity (Wildman–Crippen MR) is 109 cm³/mol. The fourth-order valence-corrected chi connectivity index (χ4v) is 3.03. The quantitative estimate of drug-likeness (QED) is 0.538. The summed E-state index contributed by atoms with van der Waals surface area (Å²) in [5.41, 5.74) is 2.20. The number of nitrogens with one attached hydrogen (secondary N) is 2. The molecule has 1 atom stereocenters. The summed E-state index contributed by atoms with van der Waals surface area (Å²) in [6.45, 7) is 4.28. The third-order valence-corrected chi connectivity index (χ3v) is 4.56. The highest BCUT2D eigenvalue weighted by atomic mass is 16.4. The lowest BCUT2D eigenvalue weighted by Crippen LogP contribution is -3.12. The maximum Gasteiger partial charge on any atom is 0.283 e. The second-order valence-corrected chi connectivity index (χ2v) is 7.17. The summed E-state index contributed by atoms with van der Waals surface area (Å²) in [6.07, 6.45) is 2.51. The van der Waals surface area contributed by atoms with Crippen molar-refractivity contribution < 1.29 is 18.5 Å². The van der Waals surface area contributed by atoms with Gasteiger partial charge in [0.05, 0.1) is 12.8 Å². The molecule has 2 heterocycles. The van der Waals surface area contributed by atoms with Crippen molar-refractivity contribution in [2.75, 3.05) is 32.1 Å². The Kier molecular flexibility index (Phi) is 7.02. The zero-order chi connectivity index (χ0) is 20.6. The van der Waals surface area contributed by atoms with Crippen LogP contribution in [0.3, 0.4) is 0 Å². The molecule has 0 saturated carbocycles. The Hall–Kier alpha value is -3.13. The minimum Gasteiger partial charge on any atom is -0.459 e. The van der Waals surface area contributed by atoms with Crippen molar-refractivity contribution in [3.8, 4) is 11.7 Å². The van der Waals surface area contributed by atoms with Crippen molar-refractivity contribution >= 4 is 11.6 Å². The molecule has 0 aliphatic rings. The number of furan rings is 1. The van der Waals surface area contributed by atoms with Crippen molar-refractivity contribution in [2.24, 2.45) is 0 Å². The molecule has 154 valence electrons. The van der Waals surface area contributed by atoms with Crippen LogP contribution in [0.15, 0.2) is 51.5 Å². The van der Waals surface area contributed by atoms with Crippen molar-refractivity contribution in [3.63, 3.8) is 0 Å². The van der Waals surface area contributed by atoms with Crippen LogP contribution in [0.4, 0.5) is 5.69 Å². The highest BCUT2D eigenvalue weighted by Crippen LogP contribution is 2.17. The lowest BCUT2D eigenvalue weighted by molar-refractivity contribution is -0.907. The molecule has 0 bridgehead atoms. The molecule has 0 fully saturated rings. The Morgan fingerprint density at radius 2 is 1.97 bits per heavy atom.